The Morgan fingerprint density at radius 2 is 1.96 bits per heavy atom. The number of rotatable bonds is 6. The number of hydrogen-bond donors (Lipinski definition) is 2. The summed E-state index contributed by atoms with van der Waals surface area (Å²) in [6.45, 7) is 9.50. The van der Waals surface area contributed by atoms with Crippen molar-refractivity contribution in [2.24, 2.45) is 4.99 Å². The standard InChI is InChI=1S/C20H31N7O/c1-15(2)18-12-17(28-25-18)14-24-20(21-3)23-13-16-6-5-7-22-19(16)27-10-8-26(4)9-11-27/h5-7,12,15H,8-11,13-14H2,1-4H3,(H2,21,23,24). The lowest BCUT2D eigenvalue weighted by Gasteiger charge is -2.34. The van der Waals surface area contributed by atoms with Crippen molar-refractivity contribution in [1.29, 1.82) is 0 Å². The molecular weight excluding hydrogens is 354 g/mol. The van der Waals surface area contributed by atoms with E-state index in [-0.39, 0.29) is 0 Å². The molecule has 1 fully saturated rings. The second-order valence-electron chi connectivity index (χ2n) is 7.43. The molecule has 3 heterocycles. The van der Waals surface area contributed by atoms with Crippen LogP contribution in [0.3, 0.4) is 0 Å². The first kappa shape index (κ1) is 20.1. The Hall–Kier alpha value is -2.61. The van der Waals surface area contributed by atoms with Gasteiger partial charge in [0.2, 0.25) is 0 Å². The van der Waals surface area contributed by atoms with Gasteiger partial charge in [-0.05, 0) is 19.0 Å². The van der Waals surface area contributed by atoms with Crippen LogP contribution in [-0.2, 0) is 13.1 Å². The molecule has 0 radical (unpaired) electrons. The summed E-state index contributed by atoms with van der Waals surface area (Å²) in [5.41, 5.74) is 2.13. The third-order valence-electron chi connectivity index (χ3n) is 4.94. The smallest absolute Gasteiger partial charge is 0.191 e. The normalized spacial score (nSPS) is 15.9. The predicted molar refractivity (Wildman–Crippen MR) is 112 cm³/mol. The maximum atomic E-state index is 5.37. The number of guanidine groups is 1. The van der Waals surface area contributed by atoms with Crippen molar-refractivity contribution in [3.8, 4) is 0 Å². The summed E-state index contributed by atoms with van der Waals surface area (Å²) in [4.78, 5) is 13.6. The second kappa shape index (κ2) is 9.54. The van der Waals surface area contributed by atoms with Gasteiger partial charge in [-0.25, -0.2) is 4.98 Å². The van der Waals surface area contributed by atoms with E-state index in [9.17, 15) is 0 Å². The lowest BCUT2D eigenvalue weighted by molar-refractivity contribution is 0.312. The molecule has 28 heavy (non-hydrogen) atoms. The number of hydrogen-bond acceptors (Lipinski definition) is 6. The van der Waals surface area contributed by atoms with Gasteiger partial charge in [-0.15, -0.1) is 0 Å². The number of anilines is 1. The van der Waals surface area contributed by atoms with Crippen LogP contribution in [0.2, 0.25) is 0 Å². The molecule has 3 rings (SSSR count). The van der Waals surface area contributed by atoms with Crippen LogP contribution in [0.4, 0.5) is 5.82 Å². The van der Waals surface area contributed by atoms with Gasteiger partial charge >= 0.3 is 0 Å². The zero-order valence-electron chi connectivity index (χ0n) is 17.3. The van der Waals surface area contributed by atoms with E-state index in [1.54, 1.807) is 7.05 Å². The minimum Gasteiger partial charge on any atom is -0.359 e. The fourth-order valence-corrected chi connectivity index (χ4v) is 3.13. The molecule has 1 aliphatic heterocycles. The number of nitrogens with zero attached hydrogens (tertiary/aromatic N) is 5. The quantitative estimate of drug-likeness (QED) is 0.580. The van der Waals surface area contributed by atoms with Crippen molar-refractivity contribution in [1.82, 2.24) is 25.7 Å². The van der Waals surface area contributed by atoms with E-state index in [1.165, 1.54) is 0 Å². The largest absolute Gasteiger partial charge is 0.359 e. The molecular formula is C20H31N7O. The van der Waals surface area contributed by atoms with Crippen molar-refractivity contribution in [2.75, 3.05) is 45.2 Å². The predicted octanol–water partition coefficient (Wildman–Crippen LogP) is 1.81. The van der Waals surface area contributed by atoms with E-state index in [4.69, 9.17) is 4.52 Å². The number of piperazine rings is 1. The van der Waals surface area contributed by atoms with Gasteiger partial charge in [0.25, 0.3) is 0 Å². The lowest BCUT2D eigenvalue weighted by atomic mass is 10.1. The van der Waals surface area contributed by atoms with E-state index in [0.29, 0.717) is 19.0 Å². The van der Waals surface area contributed by atoms with Crippen molar-refractivity contribution < 1.29 is 4.52 Å². The van der Waals surface area contributed by atoms with Crippen LogP contribution in [0.5, 0.6) is 0 Å². The number of aliphatic imine (C=N–C) groups is 1. The highest BCUT2D eigenvalue weighted by Crippen LogP contribution is 2.18. The summed E-state index contributed by atoms with van der Waals surface area (Å²) in [6, 6.07) is 6.08. The maximum absolute atomic E-state index is 5.37. The fourth-order valence-electron chi connectivity index (χ4n) is 3.13. The van der Waals surface area contributed by atoms with Gasteiger partial charge in [-0.2, -0.15) is 0 Å². The Kier molecular flexibility index (Phi) is 6.86. The lowest BCUT2D eigenvalue weighted by Crippen LogP contribution is -2.45. The molecule has 1 saturated heterocycles. The molecule has 152 valence electrons. The highest BCUT2D eigenvalue weighted by atomic mass is 16.5. The first-order valence-corrected chi connectivity index (χ1v) is 9.84. The van der Waals surface area contributed by atoms with E-state index < -0.39 is 0 Å². The summed E-state index contributed by atoms with van der Waals surface area (Å²) < 4.78 is 5.37. The third-order valence-corrected chi connectivity index (χ3v) is 4.94. The zero-order chi connectivity index (χ0) is 19.9. The van der Waals surface area contributed by atoms with Gasteiger partial charge in [0.15, 0.2) is 11.7 Å². The van der Waals surface area contributed by atoms with Crippen LogP contribution in [0.15, 0.2) is 33.9 Å². The van der Waals surface area contributed by atoms with Crippen LogP contribution in [0, 0.1) is 0 Å². The van der Waals surface area contributed by atoms with E-state index >= 15 is 0 Å². The Morgan fingerprint density at radius 3 is 2.64 bits per heavy atom. The average molecular weight is 386 g/mol. The fraction of sp³-hybridized carbons (Fsp3) is 0.550. The molecule has 1 aliphatic rings. The molecule has 0 atom stereocenters. The maximum Gasteiger partial charge on any atom is 0.191 e. The van der Waals surface area contributed by atoms with Gasteiger partial charge < -0.3 is 25.0 Å². The topological polar surface area (TPSA) is 81.8 Å². The second-order valence-corrected chi connectivity index (χ2v) is 7.43. The molecule has 2 aromatic heterocycles. The Morgan fingerprint density at radius 1 is 1.21 bits per heavy atom. The Labute approximate surface area is 167 Å². The molecule has 0 amide bonds. The molecule has 0 unspecified atom stereocenters. The Bertz CT molecular complexity index is 778. The van der Waals surface area contributed by atoms with Crippen molar-refractivity contribution in [3.05, 3.63) is 41.4 Å². The molecule has 0 bridgehead atoms. The van der Waals surface area contributed by atoms with E-state index in [0.717, 1.165) is 55.0 Å². The van der Waals surface area contributed by atoms with Gasteiger partial charge in [-0.3, -0.25) is 4.99 Å². The molecule has 8 heteroatoms. The number of likely N-dealkylation sites (N-methyl/N-ethyl adjacent to an activating group) is 1. The molecule has 8 nitrogen and oxygen atoms in total. The molecule has 0 aliphatic carbocycles. The SMILES string of the molecule is CN=C(NCc1cc(C(C)C)no1)NCc1cccnc1N1CCN(C)CC1. The molecule has 2 N–H and O–H groups in total. The van der Waals surface area contributed by atoms with Crippen LogP contribution in [0.1, 0.15) is 36.8 Å². The summed E-state index contributed by atoms with van der Waals surface area (Å²) >= 11 is 0. The molecule has 0 aromatic carbocycles. The number of nitrogens with one attached hydrogen (secondary N) is 2. The summed E-state index contributed by atoms with van der Waals surface area (Å²) in [5.74, 6) is 2.92. The summed E-state index contributed by atoms with van der Waals surface area (Å²) in [5, 5.41) is 10.7. The van der Waals surface area contributed by atoms with E-state index in [1.807, 2.05) is 18.3 Å². The summed E-state index contributed by atoms with van der Waals surface area (Å²) in [6.07, 6.45) is 1.86. The monoisotopic (exact) mass is 385 g/mol. The molecule has 0 saturated carbocycles. The van der Waals surface area contributed by atoms with Crippen molar-refractivity contribution >= 4 is 11.8 Å². The van der Waals surface area contributed by atoms with Crippen LogP contribution < -0.4 is 15.5 Å². The minimum absolute atomic E-state index is 0.355. The number of pyridine rings is 1. The summed E-state index contributed by atoms with van der Waals surface area (Å²) in [7, 11) is 3.92. The average Bonchev–Trinajstić information content (AvgIpc) is 3.18. The zero-order valence-corrected chi connectivity index (χ0v) is 17.3. The van der Waals surface area contributed by atoms with Gasteiger partial charge in [0, 0.05) is 57.6 Å². The van der Waals surface area contributed by atoms with Crippen LogP contribution in [0.25, 0.3) is 0 Å². The van der Waals surface area contributed by atoms with Crippen molar-refractivity contribution in [3.63, 3.8) is 0 Å². The first-order valence-electron chi connectivity index (χ1n) is 9.84. The minimum atomic E-state index is 0.355. The van der Waals surface area contributed by atoms with Gasteiger partial charge in [0.05, 0.1) is 12.2 Å². The first-order chi connectivity index (χ1) is 13.6. The van der Waals surface area contributed by atoms with Crippen LogP contribution in [-0.4, -0.2) is 61.3 Å². The van der Waals surface area contributed by atoms with Crippen LogP contribution >= 0.6 is 0 Å². The van der Waals surface area contributed by atoms with Gasteiger partial charge in [0.1, 0.15) is 5.82 Å². The molecule has 2 aromatic rings. The van der Waals surface area contributed by atoms with Crippen molar-refractivity contribution in [2.45, 2.75) is 32.9 Å². The van der Waals surface area contributed by atoms with Gasteiger partial charge in [-0.1, -0.05) is 25.1 Å². The van der Waals surface area contributed by atoms with E-state index in [2.05, 4.69) is 62.5 Å². The molecule has 0 spiro atoms. The third kappa shape index (κ3) is 5.22. The number of aromatic nitrogens is 2. The Balaban J connectivity index is 1.56. The highest BCUT2D eigenvalue weighted by Gasteiger charge is 2.18. The highest BCUT2D eigenvalue weighted by molar-refractivity contribution is 5.79.